The van der Waals surface area contributed by atoms with Crippen molar-refractivity contribution in [2.75, 3.05) is 14.2 Å². The van der Waals surface area contributed by atoms with Crippen molar-refractivity contribution in [2.24, 2.45) is 0 Å². The lowest BCUT2D eigenvalue weighted by Gasteiger charge is -2.11. The lowest BCUT2D eigenvalue weighted by molar-refractivity contribution is -0.121. The van der Waals surface area contributed by atoms with Crippen LogP contribution in [0.4, 0.5) is 4.39 Å². The van der Waals surface area contributed by atoms with Crippen molar-refractivity contribution in [3.8, 4) is 22.8 Å². The first kappa shape index (κ1) is 22.1. The van der Waals surface area contributed by atoms with Gasteiger partial charge in [-0.15, -0.1) is 0 Å². The van der Waals surface area contributed by atoms with Gasteiger partial charge in [0.2, 0.25) is 5.91 Å². The largest absolute Gasteiger partial charge is 0.493 e. The number of amides is 1. The number of halogens is 1. The molecule has 4 aromatic rings. The van der Waals surface area contributed by atoms with Crippen LogP contribution in [0.3, 0.4) is 0 Å². The van der Waals surface area contributed by atoms with Gasteiger partial charge < -0.3 is 19.4 Å². The van der Waals surface area contributed by atoms with E-state index in [9.17, 15) is 14.0 Å². The lowest BCUT2D eigenvalue weighted by Crippen LogP contribution is -2.27. The number of benzene rings is 2. The molecule has 9 heteroatoms. The minimum absolute atomic E-state index is 0.141. The highest BCUT2D eigenvalue weighted by atomic mass is 19.1. The number of carbonyl (C=O) groups excluding carboxylic acids is 1. The van der Waals surface area contributed by atoms with Crippen LogP contribution in [0.15, 0.2) is 65.7 Å². The fourth-order valence-corrected chi connectivity index (χ4v) is 3.47. The van der Waals surface area contributed by atoms with Crippen molar-refractivity contribution in [3.05, 3.63) is 82.7 Å². The van der Waals surface area contributed by atoms with E-state index in [0.717, 1.165) is 5.56 Å². The molecule has 170 valence electrons. The van der Waals surface area contributed by atoms with Crippen LogP contribution in [0.2, 0.25) is 0 Å². The molecule has 0 aliphatic heterocycles. The first-order valence-electron chi connectivity index (χ1n) is 10.3. The van der Waals surface area contributed by atoms with E-state index in [1.807, 2.05) is 6.07 Å². The summed E-state index contributed by atoms with van der Waals surface area (Å²) in [5, 5.41) is 7.23. The number of methoxy groups -OCH3 is 2. The molecule has 0 fully saturated rings. The number of aromatic nitrogens is 3. The number of nitrogens with zero attached hydrogens (tertiary/aromatic N) is 3. The molecule has 2 heterocycles. The molecule has 1 N–H and O–H groups in total. The summed E-state index contributed by atoms with van der Waals surface area (Å²) in [6, 6.07) is 13.0. The predicted molar refractivity (Wildman–Crippen MR) is 121 cm³/mol. The molecule has 0 saturated carbocycles. The molecule has 0 bridgehead atoms. The summed E-state index contributed by atoms with van der Waals surface area (Å²) in [6.07, 6.45) is 3.39. The molecule has 0 unspecified atom stereocenters. The van der Waals surface area contributed by atoms with Gasteiger partial charge in [-0.25, -0.2) is 8.91 Å². The van der Waals surface area contributed by atoms with Crippen LogP contribution in [-0.4, -0.2) is 34.3 Å². The monoisotopic (exact) mass is 450 g/mol. The highest BCUT2D eigenvalue weighted by Crippen LogP contribution is 2.27. The number of fused-ring (bicyclic) bond motifs is 1. The Kier molecular flexibility index (Phi) is 6.39. The van der Waals surface area contributed by atoms with E-state index in [2.05, 4.69) is 10.4 Å². The van der Waals surface area contributed by atoms with Crippen LogP contribution in [0, 0.1) is 5.82 Å². The van der Waals surface area contributed by atoms with Crippen LogP contribution < -0.4 is 20.3 Å². The fraction of sp³-hybridized carbons (Fsp3) is 0.208. The number of nitrogens with one attached hydrogen (secondary N) is 1. The van der Waals surface area contributed by atoms with Gasteiger partial charge in [0.25, 0.3) is 5.56 Å². The molecule has 2 aromatic carbocycles. The van der Waals surface area contributed by atoms with Crippen molar-refractivity contribution < 1.29 is 18.7 Å². The van der Waals surface area contributed by atoms with Crippen molar-refractivity contribution in [2.45, 2.75) is 19.5 Å². The van der Waals surface area contributed by atoms with E-state index in [0.29, 0.717) is 34.8 Å². The zero-order valence-corrected chi connectivity index (χ0v) is 18.2. The Bertz CT molecular complexity index is 1350. The maximum Gasteiger partial charge on any atom is 0.276 e. The molecule has 0 spiro atoms. The van der Waals surface area contributed by atoms with Gasteiger partial charge in [-0.1, -0.05) is 6.07 Å². The van der Waals surface area contributed by atoms with E-state index >= 15 is 0 Å². The number of ether oxygens (including phenoxy) is 2. The Balaban J connectivity index is 1.40. The SMILES string of the molecule is COc1ccc(CNC(=O)CCn2ccn3nc(-c4ccc(F)cc4)cc3c2=O)cc1OC. The highest BCUT2D eigenvalue weighted by Gasteiger charge is 2.11. The summed E-state index contributed by atoms with van der Waals surface area (Å²) < 4.78 is 26.6. The third-order valence-corrected chi connectivity index (χ3v) is 5.26. The van der Waals surface area contributed by atoms with Gasteiger partial charge in [0, 0.05) is 37.5 Å². The van der Waals surface area contributed by atoms with Gasteiger partial charge in [0.15, 0.2) is 11.5 Å². The van der Waals surface area contributed by atoms with E-state index in [1.165, 1.54) is 21.2 Å². The second kappa shape index (κ2) is 9.56. The van der Waals surface area contributed by atoms with E-state index < -0.39 is 0 Å². The molecule has 0 radical (unpaired) electrons. The molecule has 0 saturated heterocycles. The second-order valence-electron chi connectivity index (χ2n) is 7.38. The fourth-order valence-electron chi connectivity index (χ4n) is 3.47. The first-order valence-corrected chi connectivity index (χ1v) is 10.3. The lowest BCUT2D eigenvalue weighted by atomic mass is 10.1. The van der Waals surface area contributed by atoms with Crippen LogP contribution in [0.5, 0.6) is 11.5 Å². The zero-order chi connectivity index (χ0) is 23.4. The molecule has 0 aliphatic rings. The molecule has 4 rings (SSSR count). The summed E-state index contributed by atoms with van der Waals surface area (Å²) in [6.45, 7) is 0.556. The van der Waals surface area contributed by atoms with Gasteiger partial charge >= 0.3 is 0 Å². The summed E-state index contributed by atoms with van der Waals surface area (Å²) in [5.74, 6) is 0.682. The Labute approximate surface area is 189 Å². The van der Waals surface area contributed by atoms with Gasteiger partial charge in [-0.2, -0.15) is 5.10 Å². The van der Waals surface area contributed by atoms with Gasteiger partial charge in [-0.05, 0) is 48.0 Å². The van der Waals surface area contributed by atoms with Gasteiger partial charge in [-0.3, -0.25) is 9.59 Å². The van der Waals surface area contributed by atoms with E-state index in [-0.39, 0.29) is 30.2 Å². The third-order valence-electron chi connectivity index (χ3n) is 5.26. The average Bonchev–Trinajstić information content (AvgIpc) is 3.27. The second-order valence-corrected chi connectivity index (χ2v) is 7.38. The zero-order valence-electron chi connectivity index (χ0n) is 18.2. The molecule has 2 aromatic heterocycles. The Morgan fingerprint density at radius 2 is 1.79 bits per heavy atom. The molecule has 0 aliphatic carbocycles. The minimum Gasteiger partial charge on any atom is -0.493 e. The van der Waals surface area contributed by atoms with Gasteiger partial charge in [0.1, 0.15) is 11.3 Å². The standard InChI is InChI=1S/C24H23FN4O4/c1-32-21-8-3-16(13-22(21)33-2)15-26-23(30)9-10-28-11-12-29-20(24(28)31)14-19(27-29)17-4-6-18(25)7-5-17/h3-8,11-14H,9-10,15H2,1-2H3,(H,26,30). The minimum atomic E-state index is -0.339. The molecular weight excluding hydrogens is 427 g/mol. The summed E-state index contributed by atoms with van der Waals surface area (Å²) in [5.41, 5.74) is 2.26. The summed E-state index contributed by atoms with van der Waals surface area (Å²) in [7, 11) is 3.12. The maximum absolute atomic E-state index is 13.2. The number of carbonyl (C=O) groups is 1. The number of rotatable bonds is 8. The normalized spacial score (nSPS) is 10.9. The quantitative estimate of drug-likeness (QED) is 0.446. The third kappa shape index (κ3) is 4.87. The maximum atomic E-state index is 13.2. The van der Waals surface area contributed by atoms with Crippen molar-refractivity contribution in [1.82, 2.24) is 19.5 Å². The number of aryl methyl sites for hydroxylation is 1. The Morgan fingerprint density at radius 1 is 1.03 bits per heavy atom. The number of hydrogen-bond acceptors (Lipinski definition) is 5. The molecule has 8 nitrogen and oxygen atoms in total. The molecular formula is C24H23FN4O4. The number of hydrogen-bond donors (Lipinski definition) is 1. The summed E-state index contributed by atoms with van der Waals surface area (Å²) in [4.78, 5) is 25.2. The van der Waals surface area contributed by atoms with Crippen molar-refractivity contribution >= 4 is 11.4 Å². The van der Waals surface area contributed by atoms with Crippen molar-refractivity contribution in [3.63, 3.8) is 0 Å². The first-order chi connectivity index (χ1) is 16.0. The van der Waals surface area contributed by atoms with Crippen LogP contribution in [-0.2, 0) is 17.9 Å². The predicted octanol–water partition coefficient (Wildman–Crippen LogP) is 3.03. The van der Waals surface area contributed by atoms with Crippen LogP contribution in [0.1, 0.15) is 12.0 Å². The van der Waals surface area contributed by atoms with Gasteiger partial charge in [0.05, 0.1) is 19.9 Å². The summed E-state index contributed by atoms with van der Waals surface area (Å²) >= 11 is 0. The van der Waals surface area contributed by atoms with Crippen molar-refractivity contribution in [1.29, 1.82) is 0 Å². The Morgan fingerprint density at radius 3 is 2.52 bits per heavy atom. The average molecular weight is 450 g/mol. The highest BCUT2D eigenvalue weighted by molar-refractivity contribution is 5.75. The molecule has 0 atom stereocenters. The van der Waals surface area contributed by atoms with Crippen LogP contribution >= 0.6 is 0 Å². The van der Waals surface area contributed by atoms with E-state index in [4.69, 9.17) is 9.47 Å². The smallest absolute Gasteiger partial charge is 0.276 e. The van der Waals surface area contributed by atoms with E-state index in [1.54, 1.807) is 56.9 Å². The Hall–Kier alpha value is -4.14. The molecule has 33 heavy (non-hydrogen) atoms. The van der Waals surface area contributed by atoms with Crippen LogP contribution in [0.25, 0.3) is 16.8 Å². The molecule has 1 amide bonds. The topological polar surface area (TPSA) is 86.9 Å².